The van der Waals surface area contributed by atoms with Gasteiger partial charge in [0.15, 0.2) is 0 Å². The number of fused-ring (bicyclic) bond motifs is 6. The SMILES string of the molecule is Cl.Cn1c(=O)n(-c2ccc(C3=CC4CCC(C3)N4S(C)(=O)=O)cc2)c2c3cc(-c4cnc5ccccc5c4)ccc3ncc21. The Morgan fingerprint density at radius 2 is 1.59 bits per heavy atom. The van der Waals surface area contributed by atoms with Crippen LogP contribution in [0.25, 0.3) is 55.2 Å². The Hall–Kier alpha value is -4.31. The van der Waals surface area contributed by atoms with Crippen molar-refractivity contribution in [2.75, 3.05) is 6.26 Å². The maximum Gasteiger partial charge on any atom is 0.333 e. The zero-order chi connectivity index (χ0) is 29.5. The first-order valence-corrected chi connectivity index (χ1v) is 16.3. The normalized spacial score (nSPS) is 18.5. The number of hydrogen-bond acceptors (Lipinski definition) is 5. The van der Waals surface area contributed by atoms with Crippen LogP contribution < -0.4 is 5.69 Å². The minimum absolute atomic E-state index is 0. The summed E-state index contributed by atoms with van der Waals surface area (Å²) < 4.78 is 29.7. The minimum atomic E-state index is -3.24. The predicted octanol–water partition coefficient (Wildman–Crippen LogP) is 6.09. The van der Waals surface area contributed by atoms with Crippen molar-refractivity contribution in [2.45, 2.75) is 31.3 Å². The Bertz CT molecular complexity index is 2310. The van der Waals surface area contributed by atoms with E-state index in [1.165, 1.54) is 6.26 Å². The molecule has 2 aliphatic rings. The third kappa shape index (κ3) is 4.46. The molecule has 2 aliphatic heterocycles. The van der Waals surface area contributed by atoms with Gasteiger partial charge in [0.2, 0.25) is 10.0 Å². The summed E-state index contributed by atoms with van der Waals surface area (Å²) in [6.07, 6.45) is 9.47. The zero-order valence-corrected chi connectivity index (χ0v) is 25.8. The van der Waals surface area contributed by atoms with Crippen LogP contribution in [0.15, 0.2) is 96.1 Å². The molecule has 6 aromatic rings. The number of rotatable bonds is 4. The molecule has 0 saturated carbocycles. The summed E-state index contributed by atoms with van der Waals surface area (Å²) >= 11 is 0. The number of hydrogen-bond donors (Lipinski definition) is 0. The van der Waals surface area contributed by atoms with Crippen molar-refractivity contribution < 1.29 is 8.42 Å². The van der Waals surface area contributed by atoms with Gasteiger partial charge in [-0.05, 0) is 72.4 Å². The summed E-state index contributed by atoms with van der Waals surface area (Å²) in [7, 11) is -1.47. The van der Waals surface area contributed by atoms with Crippen molar-refractivity contribution >= 4 is 60.8 Å². The average Bonchev–Trinajstić information content (AvgIpc) is 3.45. The molecule has 0 N–H and O–H groups in total. The molecule has 44 heavy (non-hydrogen) atoms. The lowest BCUT2D eigenvalue weighted by Gasteiger charge is -2.32. The van der Waals surface area contributed by atoms with Crippen LogP contribution in [-0.2, 0) is 17.1 Å². The third-order valence-corrected chi connectivity index (χ3v) is 10.4. The number of sulfonamides is 1. The van der Waals surface area contributed by atoms with Gasteiger partial charge in [-0.15, -0.1) is 12.4 Å². The van der Waals surface area contributed by atoms with Gasteiger partial charge in [0.25, 0.3) is 0 Å². The number of para-hydroxylation sites is 1. The molecule has 1 saturated heterocycles. The maximum absolute atomic E-state index is 13.7. The number of imidazole rings is 1. The van der Waals surface area contributed by atoms with Crippen molar-refractivity contribution in [1.29, 1.82) is 0 Å². The van der Waals surface area contributed by atoms with Crippen LogP contribution in [-0.4, -0.2) is 50.2 Å². The van der Waals surface area contributed by atoms with Crippen LogP contribution in [0.3, 0.4) is 0 Å². The van der Waals surface area contributed by atoms with Crippen molar-refractivity contribution in [3.63, 3.8) is 0 Å². The van der Waals surface area contributed by atoms with Crippen LogP contribution in [0.4, 0.5) is 0 Å². The molecule has 0 spiro atoms. The second-order valence-electron chi connectivity index (χ2n) is 11.7. The first-order valence-electron chi connectivity index (χ1n) is 14.4. The number of pyridine rings is 2. The van der Waals surface area contributed by atoms with Crippen LogP contribution in [0.2, 0.25) is 0 Å². The van der Waals surface area contributed by atoms with Gasteiger partial charge in [-0.3, -0.25) is 19.1 Å². The molecule has 3 aromatic carbocycles. The van der Waals surface area contributed by atoms with Crippen LogP contribution in [0, 0.1) is 0 Å². The molecule has 1 fully saturated rings. The van der Waals surface area contributed by atoms with E-state index in [0.717, 1.165) is 73.6 Å². The fraction of sp³-hybridized carbons (Fsp3) is 0.206. The Kier molecular flexibility index (Phi) is 6.73. The second-order valence-corrected chi connectivity index (χ2v) is 13.5. The van der Waals surface area contributed by atoms with Gasteiger partial charge < -0.3 is 0 Å². The van der Waals surface area contributed by atoms with Gasteiger partial charge in [-0.25, -0.2) is 13.2 Å². The van der Waals surface area contributed by atoms with Crippen molar-refractivity contribution in [3.8, 4) is 16.8 Å². The lowest BCUT2D eigenvalue weighted by atomic mass is 9.96. The molecule has 2 bridgehead atoms. The Morgan fingerprint density at radius 3 is 2.36 bits per heavy atom. The topological polar surface area (TPSA) is 90.1 Å². The van der Waals surface area contributed by atoms with E-state index in [1.54, 1.807) is 26.7 Å². The molecule has 8 nitrogen and oxygen atoms in total. The van der Waals surface area contributed by atoms with Crippen molar-refractivity contribution in [2.24, 2.45) is 7.05 Å². The fourth-order valence-corrected chi connectivity index (χ4v) is 8.37. The Morgan fingerprint density at radius 1 is 0.841 bits per heavy atom. The summed E-state index contributed by atoms with van der Waals surface area (Å²) in [4.78, 5) is 23.0. The lowest BCUT2D eigenvalue weighted by Crippen LogP contribution is -2.42. The first kappa shape index (κ1) is 28.5. The van der Waals surface area contributed by atoms with Crippen LogP contribution in [0.1, 0.15) is 24.8 Å². The highest BCUT2D eigenvalue weighted by molar-refractivity contribution is 7.88. The summed E-state index contributed by atoms with van der Waals surface area (Å²) in [6, 6.07) is 24.3. The van der Waals surface area contributed by atoms with Gasteiger partial charge in [-0.2, -0.15) is 4.31 Å². The summed E-state index contributed by atoms with van der Waals surface area (Å²) in [5, 5.41) is 1.95. The zero-order valence-electron chi connectivity index (χ0n) is 24.2. The quantitative estimate of drug-likeness (QED) is 0.237. The van der Waals surface area contributed by atoms with Crippen molar-refractivity contribution in [3.05, 3.63) is 107 Å². The first-order chi connectivity index (χ1) is 20.8. The Balaban J connectivity index is 0.00000312. The van der Waals surface area contributed by atoms with Gasteiger partial charge >= 0.3 is 5.69 Å². The molecule has 8 rings (SSSR count). The van der Waals surface area contributed by atoms with Crippen molar-refractivity contribution in [1.82, 2.24) is 23.4 Å². The van der Waals surface area contributed by atoms with E-state index >= 15 is 0 Å². The predicted molar refractivity (Wildman–Crippen MR) is 178 cm³/mol. The number of nitrogens with zero attached hydrogens (tertiary/aromatic N) is 5. The molecule has 2 unspecified atom stereocenters. The summed E-state index contributed by atoms with van der Waals surface area (Å²) in [6.45, 7) is 0. The highest BCUT2D eigenvalue weighted by atomic mass is 35.5. The third-order valence-electron chi connectivity index (χ3n) is 9.02. The van der Waals surface area contributed by atoms with E-state index in [9.17, 15) is 13.2 Å². The monoisotopic (exact) mass is 623 g/mol. The van der Waals surface area contributed by atoms with E-state index in [0.29, 0.717) is 6.42 Å². The number of benzene rings is 3. The molecular weight excluding hydrogens is 594 g/mol. The number of halogens is 1. The second kappa shape index (κ2) is 10.4. The molecule has 2 atom stereocenters. The molecule has 0 amide bonds. The van der Waals surface area contributed by atoms with Crippen LogP contribution >= 0.6 is 12.4 Å². The standard InChI is InChI=1S/C34H29N5O3S.ClH/c1-37-32-20-36-31-14-9-22(25-15-23-5-3-4-6-30(23)35-19-25)18-29(31)33(32)38(34(37)40)26-10-7-21(8-11-26)24-16-27-12-13-28(17-24)39(27)43(2,41)42;/h3-11,14-16,18-20,27-28H,12-13,17H2,1-2H3;1H. The summed E-state index contributed by atoms with van der Waals surface area (Å²) in [5.41, 5.74) is 8.14. The van der Waals surface area contributed by atoms with E-state index in [1.807, 2.05) is 60.8 Å². The largest absolute Gasteiger partial charge is 0.333 e. The minimum Gasteiger partial charge on any atom is -0.293 e. The molecule has 3 aromatic heterocycles. The lowest BCUT2D eigenvalue weighted by molar-refractivity contribution is 0.348. The Labute approximate surface area is 260 Å². The molecule has 0 radical (unpaired) electrons. The molecule has 222 valence electrons. The number of aromatic nitrogens is 4. The molecule has 0 aliphatic carbocycles. The number of aryl methyl sites for hydroxylation is 1. The highest BCUT2D eigenvalue weighted by Crippen LogP contribution is 2.40. The average molecular weight is 624 g/mol. The molecule has 10 heteroatoms. The molecular formula is C34H30ClN5O3S. The maximum atomic E-state index is 13.7. The fourth-order valence-electron chi connectivity index (χ4n) is 6.99. The summed E-state index contributed by atoms with van der Waals surface area (Å²) in [5.74, 6) is 0. The van der Waals surface area contributed by atoms with E-state index in [2.05, 4.69) is 34.2 Å². The smallest absolute Gasteiger partial charge is 0.293 e. The van der Waals surface area contributed by atoms with Gasteiger partial charge in [0, 0.05) is 41.7 Å². The van der Waals surface area contributed by atoms with Gasteiger partial charge in [0.1, 0.15) is 0 Å². The molecule has 5 heterocycles. The van der Waals surface area contributed by atoms with E-state index < -0.39 is 10.0 Å². The van der Waals surface area contributed by atoms with Crippen LogP contribution in [0.5, 0.6) is 0 Å². The van der Waals surface area contributed by atoms with Gasteiger partial charge in [0.05, 0.1) is 40.2 Å². The van der Waals surface area contributed by atoms with Gasteiger partial charge in [-0.1, -0.05) is 42.5 Å². The highest BCUT2D eigenvalue weighted by Gasteiger charge is 2.41. The van der Waals surface area contributed by atoms with E-state index in [4.69, 9.17) is 0 Å². The van der Waals surface area contributed by atoms with E-state index in [-0.39, 0.29) is 30.2 Å².